The molecule has 0 atom stereocenters. The van der Waals surface area contributed by atoms with Gasteiger partial charge in [-0.2, -0.15) is 0 Å². The molecule has 0 heterocycles. The van der Waals surface area contributed by atoms with Crippen LogP contribution in [0.4, 0.5) is 0 Å². The van der Waals surface area contributed by atoms with Crippen molar-refractivity contribution in [3.63, 3.8) is 0 Å². The molecule has 0 aromatic rings. The number of hydrogen-bond donors (Lipinski definition) is 0. The summed E-state index contributed by atoms with van der Waals surface area (Å²) in [4.78, 5) is 4.96. The first kappa shape index (κ1) is 11.5. The van der Waals surface area contributed by atoms with Crippen molar-refractivity contribution < 1.29 is 4.84 Å². The molecule has 0 aromatic carbocycles. The maximum Gasteiger partial charge on any atom is 0.114 e. The van der Waals surface area contributed by atoms with E-state index in [9.17, 15) is 0 Å². The molecule has 0 aromatic heterocycles. The minimum absolute atomic E-state index is 0.698. The molecule has 0 saturated heterocycles. The summed E-state index contributed by atoms with van der Waals surface area (Å²) in [6.45, 7) is 6.66. The smallest absolute Gasteiger partial charge is 0.114 e. The second kappa shape index (κ2) is 8.57. The van der Waals surface area contributed by atoms with Gasteiger partial charge in [0.15, 0.2) is 0 Å². The molecule has 2 nitrogen and oxygen atoms in total. The van der Waals surface area contributed by atoms with E-state index in [1.807, 2.05) is 20.8 Å². The van der Waals surface area contributed by atoms with Gasteiger partial charge in [-0.25, -0.2) is 0 Å². The number of hydrogen-bond acceptors (Lipinski definition) is 2. The minimum atomic E-state index is 0.698. The monoisotopic (exact) mass is 171 g/mol. The molecule has 0 bridgehead atoms. The van der Waals surface area contributed by atoms with Gasteiger partial charge in [0.2, 0.25) is 0 Å². The summed E-state index contributed by atoms with van der Waals surface area (Å²) in [5.74, 6) is 0. The second-order valence-corrected chi connectivity index (χ2v) is 2.64. The first-order valence-electron chi connectivity index (χ1n) is 5.11. The lowest BCUT2D eigenvalue weighted by Gasteiger charge is -2.10. The van der Waals surface area contributed by atoms with E-state index in [0.29, 0.717) is 6.61 Å². The van der Waals surface area contributed by atoms with Gasteiger partial charge in [0.05, 0.1) is 5.71 Å². The van der Waals surface area contributed by atoms with Crippen molar-refractivity contribution >= 4 is 5.71 Å². The van der Waals surface area contributed by atoms with Gasteiger partial charge in [-0.3, -0.25) is 0 Å². The average Bonchev–Trinajstić information content (AvgIpc) is 2.19. The molecular weight excluding hydrogens is 150 g/mol. The van der Waals surface area contributed by atoms with Crippen LogP contribution in [0.3, 0.4) is 0 Å². The largest absolute Gasteiger partial charge is 0.396 e. The molecule has 1 aliphatic carbocycles. The van der Waals surface area contributed by atoms with Crippen LogP contribution in [-0.4, -0.2) is 12.3 Å². The van der Waals surface area contributed by atoms with Gasteiger partial charge in [0.1, 0.15) is 6.61 Å². The maximum atomic E-state index is 4.96. The average molecular weight is 171 g/mol. The first-order valence-corrected chi connectivity index (χ1v) is 5.11. The lowest BCUT2D eigenvalue weighted by atomic mass is 9.99. The maximum absolute atomic E-state index is 4.96. The van der Waals surface area contributed by atoms with E-state index >= 15 is 0 Å². The van der Waals surface area contributed by atoms with Gasteiger partial charge in [-0.05, 0) is 32.6 Å². The quantitative estimate of drug-likeness (QED) is 0.584. The van der Waals surface area contributed by atoms with Gasteiger partial charge in [0.25, 0.3) is 0 Å². The Morgan fingerprint density at radius 3 is 2.25 bits per heavy atom. The Balaban J connectivity index is 0.000000561. The molecule has 0 aliphatic heterocycles. The molecule has 1 aliphatic rings. The topological polar surface area (TPSA) is 21.6 Å². The summed E-state index contributed by atoms with van der Waals surface area (Å²) in [5.41, 5.74) is 1.26. The summed E-state index contributed by atoms with van der Waals surface area (Å²) >= 11 is 0. The fraction of sp³-hybridized carbons (Fsp3) is 0.900. The Labute approximate surface area is 76.0 Å². The second-order valence-electron chi connectivity index (χ2n) is 2.64. The summed E-state index contributed by atoms with van der Waals surface area (Å²) < 4.78 is 0. The predicted octanol–water partition coefficient (Wildman–Crippen LogP) is 3.37. The van der Waals surface area contributed by atoms with Crippen LogP contribution in [0.15, 0.2) is 5.16 Å². The summed E-state index contributed by atoms with van der Waals surface area (Å²) in [5, 5.41) is 4.02. The van der Waals surface area contributed by atoms with Gasteiger partial charge in [0, 0.05) is 0 Å². The fourth-order valence-electron chi connectivity index (χ4n) is 1.21. The molecule has 0 unspecified atom stereocenters. The molecule has 2 heteroatoms. The van der Waals surface area contributed by atoms with Crippen LogP contribution in [0.5, 0.6) is 0 Å². The van der Waals surface area contributed by atoms with Crippen molar-refractivity contribution in [1.82, 2.24) is 0 Å². The van der Waals surface area contributed by atoms with Crippen molar-refractivity contribution in [1.29, 1.82) is 0 Å². The van der Waals surface area contributed by atoms with E-state index in [0.717, 1.165) is 12.8 Å². The van der Waals surface area contributed by atoms with Crippen molar-refractivity contribution in [3.8, 4) is 0 Å². The van der Waals surface area contributed by atoms with Gasteiger partial charge in [-0.1, -0.05) is 25.4 Å². The van der Waals surface area contributed by atoms with E-state index in [-0.39, 0.29) is 0 Å². The highest BCUT2D eigenvalue weighted by atomic mass is 16.6. The van der Waals surface area contributed by atoms with Crippen molar-refractivity contribution in [3.05, 3.63) is 0 Å². The molecule has 1 rings (SSSR count). The summed E-state index contributed by atoms with van der Waals surface area (Å²) in [6, 6.07) is 0. The third kappa shape index (κ3) is 5.16. The van der Waals surface area contributed by atoms with Crippen LogP contribution in [0.1, 0.15) is 52.9 Å². The Morgan fingerprint density at radius 1 is 1.17 bits per heavy atom. The lowest BCUT2D eigenvalue weighted by molar-refractivity contribution is 0.157. The van der Waals surface area contributed by atoms with Crippen LogP contribution in [-0.2, 0) is 4.84 Å². The van der Waals surface area contributed by atoms with Crippen LogP contribution < -0.4 is 0 Å². The third-order valence-electron chi connectivity index (χ3n) is 1.75. The molecule has 72 valence electrons. The van der Waals surface area contributed by atoms with Crippen molar-refractivity contribution in [2.45, 2.75) is 52.9 Å². The van der Waals surface area contributed by atoms with E-state index < -0.39 is 0 Å². The van der Waals surface area contributed by atoms with Crippen LogP contribution >= 0.6 is 0 Å². The van der Waals surface area contributed by atoms with Gasteiger partial charge >= 0.3 is 0 Å². The Morgan fingerprint density at radius 2 is 1.75 bits per heavy atom. The molecule has 0 amide bonds. The van der Waals surface area contributed by atoms with Gasteiger partial charge in [-0.15, -0.1) is 0 Å². The SMILES string of the molecule is CC.CCON=C1CCCCC1. The predicted molar refractivity (Wildman–Crippen MR) is 53.5 cm³/mol. The molecular formula is C10H21NO. The standard InChI is InChI=1S/C8H15NO.C2H6/c1-2-10-9-8-6-4-3-5-7-8;1-2/h2-7H2,1H3;1-2H3. The normalized spacial score (nSPS) is 16.1. The summed E-state index contributed by atoms with van der Waals surface area (Å²) in [7, 11) is 0. The Hall–Kier alpha value is -0.530. The van der Waals surface area contributed by atoms with E-state index in [2.05, 4.69) is 5.16 Å². The Kier molecular flexibility index (Phi) is 8.19. The summed E-state index contributed by atoms with van der Waals surface area (Å²) in [6.07, 6.45) is 6.27. The van der Waals surface area contributed by atoms with Gasteiger partial charge < -0.3 is 4.84 Å². The van der Waals surface area contributed by atoms with E-state index in [1.54, 1.807) is 0 Å². The van der Waals surface area contributed by atoms with E-state index in [4.69, 9.17) is 4.84 Å². The van der Waals surface area contributed by atoms with Crippen molar-refractivity contribution in [2.24, 2.45) is 5.16 Å². The zero-order chi connectivity index (χ0) is 9.23. The lowest BCUT2D eigenvalue weighted by Crippen LogP contribution is -2.05. The molecule has 0 spiro atoms. The van der Waals surface area contributed by atoms with E-state index in [1.165, 1.54) is 25.0 Å². The zero-order valence-corrected chi connectivity index (χ0v) is 8.60. The first-order chi connectivity index (χ1) is 5.93. The molecule has 12 heavy (non-hydrogen) atoms. The highest BCUT2D eigenvalue weighted by Gasteiger charge is 2.06. The van der Waals surface area contributed by atoms with Crippen LogP contribution in [0, 0.1) is 0 Å². The molecule has 1 fully saturated rings. The number of nitrogens with zero attached hydrogens (tertiary/aromatic N) is 1. The fourth-order valence-corrected chi connectivity index (χ4v) is 1.21. The zero-order valence-electron chi connectivity index (χ0n) is 8.60. The highest BCUT2D eigenvalue weighted by molar-refractivity contribution is 5.84. The minimum Gasteiger partial charge on any atom is -0.396 e. The van der Waals surface area contributed by atoms with Crippen LogP contribution in [0.2, 0.25) is 0 Å². The third-order valence-corrected chi connectivity index (χ3v) is 1.75. The molecule has 0 N–H and O–H groups in total. The highest BCUT2D eigenvalue weighted by Crippen LogP contribution is 2.14. The molecule has 1 saturated carbocycles. The Bertz CT molecular complexity index is 113. The molecule has 0 radical (unpaired) electrons. The number of oxime groups is 1. The van der Waals surface area contributed by atoms with Crippen LogP contribution in [0.25, 0.3) is 0 Å². The number of rotatable bonds is 2. The van der Waals surface area contributed by atoms with Crippen molar-refractivity contribution in [2.75, 3.05) is 6.61 Å².